The zero-order valence-electron chi connectivity index (χ0n) is 14.7. The molecule has 1 fully saturated rings. The SMILES string of the molecule is Cc1cc(C)c(NCC(=O)Nc2ccc(N3CCCC3)cc2)c(Cl)c1. The van der Waals surface area contributed by atoms with Crippen LogP contribution in [0.2, 0.25) is 5.02 Å². The Morgan fingerprint density at radius 3 is 2.44 bits per heavy atom. The largest absolute Gasteiger partial charge is 0.375 e. The summed E-state index contributed by atoms with van der Waals surface area (Å²) in [6.07, 6.45) is 2.51. The molecule has 2 aromatic rings. The Kier molecular flexibility index (Phi) is 5.49. The molecule has 132 valence electrons. The van der Waals surface area contributed by atoms with Gasteiger partial charge in [-0.2, -0.15) is 0 Å². The number of nitrogens with zero attached hydrogens (tertiary/aromatic N) is 1. The molecule has 0 aromatic heterocycles. The van der Waals surface area contributed by atoms with Crippen LogP contribution < -0.4 is 15.5 Å². The molecule has 1 heterocycles. The fourth-order valence-corrected chi connectivity index (χ4v) is 3.63. The van der Waals surface area contributed by atoms with Gasteiger partial charge in [0.1, 0.15) is 0 Å². The van der Waals surface area contributed by atoms with Crippen LogP contribution in [0.3, 0.4) is 0 Å². The number of benzene rings is 2. The fraction of sp³-hybridized carbons (Fsp3) is 0.350. The second-order valence-corrected chi connectivity index (χ2v) is 6.99. The third-order valence-electron chi connectivity index (χ3n) is 4.48. The topological polar surface area (TPSA) is 44.4 Å². The van der Waals surface area contributed by atoms with E-state index in [1.807, 2.05) is 38.1 Å². The van der Waals surface area contributed by atoms with Crippen molar-refractivity contribution in [2.75, 3.05) is 35.2 Å². The minimum Gasteiger partial charge on any atom is -0.375 e. The molecule has 25 heavy (non-hydrogen) atoms. The standard InChI is InChI=1S/C20H24ClN3O/c1-14-11-15(2)20(18(21)12-14)22-13-19(25)23-16-5-7-17(8-6-16)24-9-3-4-10-24/h5-8,11-12,22H,3-4,9-10,13H2,1-2H3,(H,23,25). The summed E-state index contributed by atoms with van der Waals surface area (Å²) < 4.78 is 0. The molecule has 0 radical (unpaired) electrons. The lowest BCUT2D eigenvalue weighted by Crippen LogP contribution is -2.22. The molecule has 3 rings (SSSR count). The van der Waals surface area contributed by atoms with Crippen LogP contribution in [0.15, 0.2) is 36.4 Å². The summed E-state index contributed by atoms with van der Waals surface area (Å²) in [6.45, 7) is 6.40. The van der Waals surface area contributed by atoms with Crippen molar-refractivity contribution < 1.29 is 4.79 Å². The molecule has 0 aliphatic carbocycles. The molecule has 1 aliphatic rings. The average molecular weight is 358 g/mol. The molecule has 0 saturated carbocycles. The lowest BCUT2D eigenvalue weighted by atomic mass is 10.1. The molecular weight excluding hydrogens is 334 g/mol. The summed E-state index contributed by atoms with van der Waals surface area (Å²) in [4.78, 5) is 14.6. The zero-order chi connectivity index (χ0) is 17.8. The van der Waals surface area contributed by atoms with E-state index in [9.17, 15) is 4.79 Å². The molecule has 0 bridgehead atoms. The number of nitrogens with one attached hydrogen (secondary N) is 2. The van der Waals surface area contributed by atoms with Crippen molar-refractivity contribution in [3.8, 4) is 0 Å². The summed E-state index contributed by atoms with van der Waals surface area (Å²) in [5.74, 6) is -0.0926. The molecule has 0 spiro atoms. The smallest absolute Gasteiger partial charge is 0.243 e. The number of halogens is 1. The zero-order valence-corrected chi connectivity index (χ0v) is 15.5. The highest BCUT2D eigenvalue weighted by molar-refractivity contribution is 6.33. The first-order valence-corrected chi connectivity index (χ1v) is 9.06. The summed E-state index contributed by atoms with van der Waals surface area (Å²) in [6, 6.07) is 12.0. The van der Waals surface area contributed by atoms with Crippen LogP contribution >= 0.6 is 11.6 Å². The van der Waals surface area contributed by atoms with Crippen molar-refractivity contribution in [1.82, 2.24) is 0 Å². The van der Waals surface area contributed by atoms with Gasteiger partial charge in [-0.3, -0.25) is 4.79 Å². The van der Waals surface area contributed by atoms with Gasteiger partial charge in [0.25, 0.3) is 0 Å². The highest BCUT2D eigenvalue weighted by Gasteiger charge is 2.12. The molecule has 1 amide bonds. The first-order valence-electron chi connectivity index (χ1n) is 8.68. The van der Waals surface area contributed by atoms with E-state index in [1.54, 1.807) is 0 Å². The molecule has 0 unspecified atom stereocenters. The van der Waals surface area contributed by atoms with Crippen molar-refractivity contribution in [3.05, 3.63) is 52.5 Å². The maximum absolute atomic E-state index is 12.2. The lowest BCUT2D eigenvalue weighted by Gasteiger charge is -2.18. The Balaban J connectivity index is 1.56. The van der Waals surface area contributed by atoms with Gasteiger partial charge in [-0.05, 0) is 68.1 Å². The Labute approximate surface area is 154 Å². The number of anilines is 3. The Morgan fingerprint density at radius 1 is 1.12 bits per heavy atom. The Morgan fingerprint density at radius 2 is 1.80 bits per heavy atom. The maximum Gasteiger partial charge on any atom is 0.243 e. The fourth-order valence-electron chi connectivity index (χ4n) is 3.24. The quantitative estimate of drug-likeness (QED) is 0.821. The van der Waals surface area contributed by atoms with Crippen LogP contribution in [0.4, 0.5) is 17.1 Å². The summed E-state index contributed by atoms with van der Waals surface area (Å²) in [7, 11) is 0. The molecule has 2 N–H and O–H groups in total. The highest BCUT2D eigenvalue weighted by atomic mass is 35.5. The van der Waals surface area contributed by atoms with Gasteiger partial charge in [-0.1, -0.05) is 17.7 Å². The number of hydrogen-bond acceptors (Lipinski definition) is 3. The van der Waals surface area contributed by atoms with E-state index in [4.69, 9.17) is 11.6 Å². The average Bonchev–Trinajstić information content (AvgIpc) is 3.09. The normalized spacial score (nSPS) is 13.8. The van der Waals surface area contributed by atoms with Crippen LogP contribution in [0, 0.1) is 13.8 Å². The van der Waals surface area contributed by atoms with Gasteiger partial charge in [0.15, 0.2) is 0 Å². The van der Waals surface area contributed by atoms with Crippen molar-refractivity contribution in [2.24, 2.45) is 0 Å². The minimum atomic E-state index is -0.0926. The number of aryl methyl sites for hydroxylation is 2. The number of hydrogen-bond donors (Lipinski definition) is 2. The number of amides is 1. The first-order chi connectivity index (χ1) is 12.0. The molecule has 1 saturated heterocycles. The van der Waals surface area contributed by atoms with Gasteiger partial charge >= 0.3 is 0 Å². The van der Waals surface area contributed by atoms with Crippen molar-refractivity contribution >= 4 is 34.6 Å². The van der Waals surface area contributed by atoms with E-state index < -0.39 is 0 Å². The summed E-state index contributed by atoms with van der Waals surface area (Å²) in [5.41, 5.74) is 4.98. The van der Waals surface area contributed by atoms with Gasteiger partial charge in [0, 0.05) is 24.5 Å². The minimum absolute atomic E-state index is 0.0926. The van der Waals surface area contributed by atoms with E-state index in [0.29, 0.717) is 5.02 Å². The summed E-state index contributed by atoms with van der Waals surface area (Å²) >= 11 is 6.26. The van der Waals surface area contributed by atoms with Gasteiger partial charge in [-0.25, -0.2) is 0 Å². The van der Waals surface area contributed by atoms with E-state index in [1.165, 1.54) is 18.5 Å². The van der Waals surface area contributed by atoms with E-state index in [0.717, 1.165) is 35.6 Å². The van der Waals surface area contributed by atoms with Crippen molar-refractivity contribution in [3.63, 3.8) is 0 Å². The predicted molar refractivity (Wildman–Crippen MR) is 106 cm³/mol. The van der Waals surface area contributed by atoms with Crippen LogP contribution in [0.1, 0.15) is 24.0 Å². The molecular formula is C20H24ClN3O. The van der Waals surface area contributed by atoms with Crippen LogP contribution in [0.5, 0.6) is 0 Å². The third-order valence-corrected chi connectivity index (χ3v) is 4.78. The number of rotatable bonds is 5. The predicted octanol–water partition coefficient (Wildman–Crippen LogP) is 4.61. The molecule has 0 atom stereocenters. The third kappa shape index (κ3) is 4.45. The maximum atomic E-state index is 12.2. The number of carbonyl (C=O) groups excluding carboxylic acids is 1. The second-order valence-electron chi connectivity index (χ2n) is 6.58. The molecule has 4 nitrogen and oxygen atoms in total. The van der Waals surface area contributed by atoms with E-state index in [2.05, 4.69) is 27.7 Å². The Bertz CT molecular complexity index is 729. The lowest BCUT2D eigenvalue weighted by molar-refractivity contribution is -0.114. The van der Waals surface area contributed by atoms with Gasteiger partial charge in [0.05, 0.1) is 17.3 Å². The van der Waals surface area contributed by atoms with E-state index >= 15 is 0 Å². The first kappa shape index (κ1) is 17.6. The summed E-state index contributed by atoms with van der Waals surface area (Å²) in [5, 5.41) is 6.69. The Hall–Kier alpha value is -2.20. The van der Waals surface area contributed by atoms with Crippen LogP contribution in [-0.2, 0) is 4.79 Å². The van der Waals surface area contributed by atoms with Crippen molar-refractivity contribution in [2.45, 2.75) is 26.7 Å². The number of carbonyl (C=O) groups is 1. The van der Waals surface area contributed by atoms with Gasteiger partial charge in [0.2, 0.25) is 5.91 Å². The molecule has 5 heteroatoms. The van der Waals surface area contributed by atoms with Crippen molar-refractivity contribution in [1.29, 1.82) is 0 Å². The molecule has 1 aliphatic heterocycles. The van der Waals surface area contributed by atoms with Gasteiger partial charge < -0.3 is 15.5 Å². The van der Waals surface area contributed by atoms with E-state index in [-0.39, 0.29) is 12.5 Å². The monoisotopic (exact) mass is 357 g/mol. The second kappa shape index (κ2) is 7.79. The highest BCUT2D eigenvalue weighted by Crippen LogP contribution is 2.27. The van der Waals surface area contributed by atoms with Gasteiger partial charge in [-0.15, -0.1) is 0 Å². The van der Waals surface area contributed by atoms with Crippen LogP contribution in [0.25, 0.3) is 0 Å². The molecule has 2 aromatic carbocycles. The van der Waals surface area contributed by atoms with Crippen LogP contribution in [-0.4, -0.2) is 25.5 Å².